The third kappa shape index (κ3) is 3.23. The van der Waals surface area contributed by atoms with E-state index in [9.17, 15) is 4.79 Å². The largest absolute Gasteiger partial charge is 0.334 e. The van der Waals surface area contributed by atoms with Gasteiger partial charge >= 0.3 is 0 Å². The molecule has 2 saturated heterocycles. The summed E-state index contributed by atoms with van der Waals surface area (Å²) in [7, 11) is 0. The zero-order valence-electron chi connectivity index (χ0n) is 12.4. The quantitative estimate of drug-likeness (QED) is 0.545. The highest BCUT2D eigenvalue weighted by atomic mass is 79.9. The minimum Gasteiger partial charge on any atom is -0.334 e. The van der Waals surface area contributed by atoms with E-state index >= 15 is 0 Å². The Bertz CT molecular complexity index is 623. The van der Waals surface area contributed by atoms with Gasteiger partial charge in [0, 0.05) is 18.1 Å². The van der Waals surface area contributed by atoms with Gasteiger partial charge in [0.05, 0.1) is 28.3 Å². The molecule has 0 aromatic heterocycles. The van der Waals surface area contributed by atoms with Crippen molar-refractivity contribution in [3.63, 3.8) is 0 Å². The number of carbonyl (C=O) groups is 1. The van der Waals surface area contributed by atoms with Gasteiger partial charge in [-0.05, 0) is 34.5 Å². The zero-order valence-corrected chi connectivity index (χ0v) is 16.2. The molecule has 0 aliphatic carbocycles. The van der Waals surface area contributed by atoms with E-state index in [1.54, 1.807) is 4.90 Å². The fourth-order valence-corrected chi connectivity index (χ4v) is 4.49. The topological polar surface area (TPSA) is 47.6 Å². The van der Waals surface area contributed by atoms with Crippen LogP contribution in [-0.2, 0) is 0 Å². The number of piperazine rings is 1. The highest BCUT2D eigenvalue weighted by molar-refractivity contribution is 9.10. The Morgan fingerprint density at radius 2 is 2.00 bits per heavy atom. The second kappa shape index (κ2) is 6.67. The standard InChI is InChI=1S/C14H16BrCl3N4O/c1-2-14(15)20-19-11-7-21(3-4-22(11)14)13(23)12-9(17)5-8(16)6-10(12)18/h5-6,11,19-20H,2-4,7H2,1H3. The Balaban J connectivity index is 1.79. The van der Waals surface area contributed by atoms with Crippen LogP contribution in [0, 0.1) is 0 Å². The second-order valence-corrected chi connectivity index (χ2v) is 8.15. The molecule has 1 aromatic carbocycles. The molecule has 0 radical (unpaired) electrons. The monoisotopic (exact) mass is 440 g/mol. The maximum Gasteiger partial charge on any atom is 0.257 e. The maximum atomic E-state index is 12.8. The van der Waals surface area contributed by atoms with Crippen molar-refractivity contribution in [1.82, 2.24) is 20.7 Å². The number of halogens is 4. The molecule has 0 spiro atoms. The lowest BCUT2D eigenvalue weighted by molar-refractivity contribution is 0.0432. The molecule has 9 heteroatoms. The van der Waals surface area contributed by atoms with E-state index in [2.05, 4.69) is 38.6 Å². The first-order chi connectivity index (χ1) is 10.9. The van der Waals surface area contributed by atoms with Crippen molar-refractivity contribution in [3.8, 4) is 0 Å². The molecule has 2 atom stereocenters. The first kappa shape index (κ1) is 17.7. The van der Waals surface area contributed by atoms with Crippen molar-refractivity contribution in [2.75, 3.05) is 19.6 Å². The normalized spacial score (nSPS) is 28.0. The lowest BCUT2D eigenvalue weighted by Gasteiger charge is -2.41. The summed E-state index contributed by atoms with van der Waals surface area (Å²) in [5, 5.41) is 0.960. The molecule has 2 fully saturated rings. The van der Waals surface area contributed by atoms with Crippen LogP contribution in [0.3, 0.4) is 0 Å². The minimum absolute atomic E-state index is 0.0249. The number of alkyl halides is 1. The molecule has 3 rings (SSSR count). The van der Waals surface area contributed by atoms with E-state index in [0.29, 0.717) is 23.7 Å². The van der Waals surface area contributed by atoms with Crippen LogP contribution in [0.4, 0.5) is 0 Å². The van der Waals surface area contributed by atoms with E-state index in [1.807, 2.05) is 0 Å². The van der Waals surface area contributed by atoms with E-state index in [4.69, 9.17) is 34.8 Å². The van der Waals surface area contributed by atoms with Crippen molar-refractivity contribution in [1.29, 1.82) is 0 Å². The van der Waals surface area contributed by atoms with Crippen LogP contribution in [0.15, 0.2) is 12.1 Å². The van der Waals surface area contributed by atoms with Gasteiger partial charge in [-0.2, -0.15) is 0 Å². The molecular formula is C14H16BrCl3N4O. The molecule has 5 nitrogen and oxygen atoms in total. The van der Waals surface area contributed by atoms with E-state index in [-0.39, 0.29) is 26.7 Å². The summed E-state index contributed by atoms with van der Waals surface area (Å²) in [5.41, 5.74) is 6.77. The smallest absolute Gasteiger partial charge is 0.257 e. The molecule has 1 amide bonds. The van der Waals surface area contributed by atoms with Crippen molar-refractivity contribution < 1.29 is 4.79 Å². The van der Waals surface area contributed by atoms with Gasteiger partial charge in [-0.3, -0.25) is 9.69 Å². The predicted octanol–water partition coefficient (Wildman–Crippen LogP) is 3.30. The lowest BCUT2D eigenvalue weighted by atomic mass is 10.1. The summed E-state index contributed by atoms with van der Waals surface area (Å²) in [4.78, 5) is 16.8. The van der Waals surface area contributed by atoms with Crippen molar-refractivity contribution >= 4 is 56.6 Å². The number of amides is 1. The molecule has 2 aliphatic heterocycles. The van der Waals surface area contributed by atoms with Gasteiger partial charge in [-0.1, -0.05) is 41.7 Å². The molecule has 2 N–H and O–H groups in total. The number of hydrogen-bond acceptors (Lipinski definition) is 4. The molecular weight excluding hydrogens is 426 g/mol. The summed E-state index contributed by atoms with van der Waals surface area (Å²) in [5.74, 6) is -0.179. The highest BCUT2D eigenvalue weighted by Gasteiger charge is 2.46. The third-order valence-electron chi connectivity index (χ3n) is 4.24. The minimum atomic E-state index is -0.275. The number of fused-ring (bicyclic) bond motifs is 1. The van der Waals surface area contributed by atoms with Gasteiger partial charge < -0.3 is 4.90 Å². The van der Waals surface area contributed by atoms with Gasteiger partial charge in [-0.15, -0.1) is 0 Å². The van der Waals surface area contributed by atoms with Crippen LogP contribution in [0.5, 0.6) is 0 Å². The van der Waals surface area contributed by atoms with Crippen molar-refractivity contribution in [2.24, 2.45) is 0 Å². The lowest BCUT2D eigenvalue weighted by Crippen LogP contribution is -2.58. The van der Waals surface area contributed by atoms with Crippen LogP contribution in [0.25, 0.3) is 0 Å². The van der Waals surface area contributed by atoms with Crippen molar-refractivity contribution in [2.45, 2.75) is 24.1 Å². The number of benzene rings is 1. The SMILES string of the molecule is CCC1(Br)NNC2CN(C(=O)c3c(Cl)cc(Cl)cc3Cl)CCN21. The number of carbonyl (C=O) groups excluding carboxylic acids is 1. The van der Waals surface area contributed by atoms with Gasteiger partial charge in [0.25, 0.3) is 5.91 Å². The average Bonchev–Trinajstić information content (AvgIpc) is 2.84. The van der Waals surface area contributed by atoms with Crippen LogP contribution in [0.1, 0.15) is 23.7 Å². The molecule has 126 valence electrons. The summed E-state index contributed by atoms with van der Waals surface area (Å²) in [6.45, 7) is 3.96. The number of rotatable bonds is 2. The Morgan fingerprint density at radius 3 is 2.61 bits per heavy atom. The average molecular weight is 443 g/mol. The van der Waals surface area contributed by atoms with Crippen LogP contribution >= 0.6 is 50.7 Å². The van der Waals surface area contributed by atoms with Crippen LogP contribution in [-0.4, -0.2) is 46.1 Å². The van der Waals surface area contributed by atoms with E-state index < -0.39 is 0 Å². The summed E-state index contributed by atoms with van der Waals surface area (Å²) in [6.07, 6.45) is 0.913. The molecule has 0 bridgehead atoms. The van der Waals surface area contributed by atoms with E-state index in [0.717, 1.165) is 13.0 Å². The summed E-state index contributed by atoms with van der Waals surface area (Å²) >= 11 is 22.0. The van der Waals surface area contributed by atoms with Gasteiger partial charge in [0.15, 0.2) is 0 Å². The van der Waals surface area contributed by atoms with Crippen molar-refractivity contribution in [3.05, 3.63) is 32.8 Å². The van der Waals surface area contributed by atoms with Crippen LogP contribution < -0.4 is 10.9 Å². The Labute approximate surface area is 158 Å². The molecule has 2 heterocycles. The molecule has 2 aliphatic rings. The molecule has 1 aromatic rings. The zero-order chi connectivity index (χ0) is 16.8. The van der Waals surface area contributed by atoms with Gasteiger partial charge in [0.2, 0.25) is 0 Å². The Kier molecular flexibility index (Phi) is 5.14. The first-order valence-corrected chi connectivity index (χ1v) is 9.20. The summed E-state index contributed by atoms with van der Waals surface area (Å²) in [6, 6.07) is 3.07. The fraction of sp³-hybridized carbons (Fsp3) is 0.500. The molecule has 0 saturated carbocycles. The highest BCUT2D eigenvalue weighted by Crippen LogP contribution is 2.33. The van der Waals surface area contributed by atoms with Crippen LogP contribution in [0.2, 0.25) is 15.1 Å². The second-order valence-electron chi connectivity index (χ2n) is 5.59. The molecule has 23 heavy (non-hydrogen) atoms. The summed E-state index contributed by atoms with van der Waals surface area (Å²) < 4.78 is -0.275. The molecule has 2 unspecified atom stereocenters. The number of hydrazine groups is 1. The third-order valence-corrected chi connectivity index (χ3v) is 6.27. The number of nitrogens with zero attached hydrogens (tertiary/aromatic N) is 2. The number of hydrogen-bond donors (Lipinski definition) is 2. The van der Waals surface area contributed by atoms with Gasteiger partial charge in [-0.25, -0.2) is 10.9 Å². The predicted molar refractivity (Wildman–Crippen MR) is 96.1 cm³/mol. The van der Waals surface area contributed by atoms with E-state index in [1.165, 1.54) is 12.1 Å². The first-order valence-electron chi connectivity index (χ1n) is 7.28. The number of nitrogens with one attached hydrogen (secondary N) is 2. The maximum absolute atomic E-state index is 12.8. The van der Waals surface area contributed by atoms with Gasteiger partial charge in [0.1, 0.15) is 4.57 Å². The fourth-order valence-electron chi connectivity index (χ4n) is 2.98. The Hall–Kier alpha value is -0.0800. The Morgan fingerprint density at radius 1 is 1.35 bits per heavy atom.